The molecule has 0 fully saturated rings. The van der Waals surface area contributed by atoms with E-state index in [0.717, 1.165) is 6.42 Å². The second-order valence-electron chi connectivity index (χ2n) is 4.50. The number of hydrogen-bond acceptors (Lipinski definition) is 4. The van der Waals surface area contributed by atoms with E-state index in [0.29, 0.717) is 11.7 Å². The van der Waals surface area contributed by atoms with Gasteiger partial charge in [0.1, 0.15) is 5.75 Å². The summed E-state index contributed by atoms with van der Waals surface area (Å²) in [6, 6.07) is 7.54. The molecule has 0 N–H and O–H groups in total. The first-order chi connectivity index (χ1) is 8.47. The summed E-state index contributed by atoms with van der Waals surface area (Å²) in [6.07, 6.45) is 1.01. The van der Waals surface area contributed by atoms with Crippen LogP contribution in [-0.2, 0) is 20.7 Å². The zero-order valence-corrected chi connectivity index (χ0v) is 10.9. The number of carbonyl (C=O) groups excluding carboxylic acids is 2. The minimum atomic E-state index is -0.686. The molecule has 0 aliphatic heterocycles. The molecule has 0 aromatic heterocycles. The highest BCUT2D eigenvalue weighted by Crippen LogP contribution is 2.14. The lowest BCUT2D eigenvalue weighted by Crippen LogP contribution is -2.17. The quantitative estimate of drug-likeness (QED) is 0.594. The summed E-state index contributed by atoms with van der Waals surface area (Å²) < 4.78 is 9.55. The van der Waals surface area contributed by atoms with E-state index in [2.05, 4.69) is 18.6 Å². The van der Waals surface area contributed by atoms with Gasteiger partial charge in [-0.2, -0.15) is 0 Å². The zero-order chi connectivity index (χ0) is 13.5. The van der Waals surface area contributed by atoms with Crippen molar-refractivity contribution < 1.29 is 19.1 Å². The molecule has 1 aromatic carbocycles. The first-order valence-corrected chi connectivity index (χ1v) is 5.90. The Kier molecular flexibility index (Phi) is 5.36. The van der Waals surface area contributed by atoms with Crippen molar-refractivity contribution in [2.45, 2.75) is 27.2 Å². The molecule has 0 heterocycles. The molecule has 0 spiro atoms. The minimum Gasteiger partial charge on any atom is -0.482 e. The molecule has 0 aliphatic carbocycles. The Morgan fingerprint density at radius 2 is 1.78 bits per heavy atom. The molecule has 1 aromatic rings. The molecule has 0 saturated heterocycles. The van der Waals surface area contributed by atoms with Crippen molar-refractivity contribution in [3.8, 4) is 5.75 Å². The van der Waals surface area contributed by atoms with Gasteiger partial charge in [-0.05, 0) is 30.0 Å². The van der Waals surface area contributed by atoms with E-state index in [4.69, 9.17) is 4.74 Å². The molecule has 0 aliphatic rings. The highest BCUT2D eigenvalue weighted by Gasteiger charge is 2.07. The Bertz CT molecular complexity index is 406. The van der Waals surface area contributed by atoms with Crippen LogP contribution in [0, 0.1) is 5.92 Å². The second-order valence-corrected chi connectivity index (χ2v) is 4.50. The van der Waals surface area contributed by atoms with Crippen LogP contribution in [0.15, 0.2) is 24.3 Å². The molecule has 0 radical (unpaired) electrons. The summed E-state index contributed by atoms with van der Waals surface area (Å²) in [5.41, 5.74) is 1.23. The molecule has 0 amide bonds. The van der Waals surface area contributed by atoms with E-state index in [1.807, 2.05) is 12.1 Å². The van der Waals surface area contributed by atoms with E-state index in [1.54, 1.807) is 12.1 Å². The number of carbonyl (C=O) groups is 2. The third-order valence-corrected chi connectivity index (χ3v) is 2.18. The smallest absolute Gasteiger partial charge is 0.351 e. The van der Waals surface area contributed by atoms with Crippen molar-refractivity contribution in [2.24, 2.45) is 5.92 Å². The fourth-order valence-electron chi connectivity index (χ4n) is 1.53. The third kappa shape index (κ3) is 5.48. The van der Waals surface area contributed by atoms with Crippen LogP contribution in [-0.4, -0.2) is 18.5 Å². The van der Waals surface area contributed by atoms with Crippen LogP contribution in [0.5, 0.6) is 5.75 Å². The van der Waals surface area contributed by atoms with E-state index >= 15 is 0 Å². The Morgan fingerprint density at radius 1 is 1.17 bits per heavy atom. The average Bonchev–Trinajstić information content (AvgIpc) is 2.26. The summed E-state index contributed by atoms with van der Waals surface area (Å²) in [4.78, 5) is 21.6. The lowest BCUT2D eigenvalue weighted by molar-refractivity contribution is -0.159. The summed E-state index contributed by atoms with van der Waals surface area (Å²) in [5.74, 6) is -0.130. The second kappa shape index (κ2) is 6.79. The van der Waals surface area contributed by atoms with Crippen molar-refractivity contribution in [2.75, 3.05) is 6.61 Å². The van der Waals surface area contributed by atoms with Crippen molar-refractivity contribution in [3.63, 3.8) is 0 Å². The minimum absolute atomic E-state index is 0.261. The lowest BCUT2D eigenvalue weighted by Gasteiger charge is -2.07. The molecule has 1 rings (SSSR count). The monoisotopic (exact) mass is 250 g/mol. The Morgan fingerprint density at radius 3 is 2.28 bits per heavy atom. The fourth-order valence-corrected chi connectivity index (χ4v) is 1.53. The summed E-state index contributed by atoms with van der Waals surface area (Å²) in [7, 11) is 0. The summed E-state index contributed by atoms with van der Waals surface area (Å²) in [5, 5.41) is 0. The van der Waals surface area contributed by atoms with Crippen LogP contribution in [0.4, 0.5) is 0 Å². The van der Waals surface area contributed by atoms with Crippen LogP contribution in [0.1, 0.15) is 26.3 Å². The van der Waals surface area contributed by atoms with E-state index in [-0.39, 0.29) is 6.61 Å². The molecule has 98 valence electrons. The largest absolute Gasteiger partial charge is 0.482 e. The van der Waals surface area contributed by atoms with Gasteiger partial charge in [0.2, 0.25) is 0 Å². The Labute approximate surface area is 107 Å². The normalized spacial score (nSPS) is 10.2. The maximum absolute atomic E-state index is 11.1. The van der Waals surface area contributed by atoms with Crippen molar-refractivity contribution >= 4 is 11.9 Å². The molecule has 18 heavy (non-hydrogen) atoms. The van der Waals surface area contributed by atoms with E-state index in [9.17, 15) is 9.59 Å². The molecule has 0 bridgehead atoms. The number of rotatable bonds is 5. The Hall–Kier alpha value is -1.84. The molecule has 4 heteroatoms. The predicted molar refractivity (Wildman–Crippen MR) is 67.3 cm³/mol. The highest BCUT2D eigenvalue weighted by atomic mass is 16.6. The predicted octanol–water partition coefficient (Wildman–Crippen LogP) is 2.35. The maximum atomic E-state index is 11.1. The number of hydrogen-bond donors (Lipinski definition) is 0. The summed E-state index contributed by atoms with van der Waals surface area (Å²) in [6.45, 7) is 5.23. The van der Waals surface area contributed by atoms with Gasteiger partial charge in [0.15, 0.2) is 6.61 Å². The van der Waals surface area contributed by atoms with Gasteiger partial charge in [0, 0.05) is 6.92 Å². The molecule has 4 nitrogen and oxygen atoms in total. The molecular formula is C14H18O4. The molecular weight excluding hydrogens is 232 g/mol. The van der Waals surface area contributed by atoms with Crippen molar-refractivity contribution in [1.82, 2.24) is 0 Å². The van der Waals surface area contributed by atoms with E-state index in [1.165, 1.54) is 12.5 Å². The van der Waals surface area contributed by atoms with Gasteiger partial charge in [-0.3, -0.25) is 4.79 Å². The lowest BCUT2D eigenvalue weighted by atomic mass is 10.0. The number of ether oxygens (including phenoxy) is 2. The van der Waals surface area contributed by atoms with Crippen LogP contribution in [0.3, 0.4) is 0 Å². The Balaban J connectivity index is 2.44. The SMILES string of the molecule is CC(=O)OC(=O)COc1ccc(CC(C)C)cc1. The van der Waals surface area contributed by atoms with Crippen LogP contribution in [0.25, 0.3) is 0 Å². The molecule has 0 saturated carbocycles. The van der Waals surface area contributed by atoms with Crippen LogP contribution >= 0.6 is 0 Å². The van der Waals surface area contributed by atoms with E-state index < -0.39 is 11.9 Å². The van der Waals surface area contributed by atoms with Gasteiger partial charge in [-0.1, -0.05) is 26.0 Å². The van der Waals surface area contributed by atoms with Gasteiger partial charge in [-0.25, -0.2) is 4.79 Å². The van der Waals surface area contributed by atoms with Crippen LogP contribution < -0.4 is 4.74 Å². The van der Waals surface area contributed by atoms with Gasteiger partial charge >= 0.3 is 11.9 Å². The van der Waals surface area contributed by atoms with Gasteiger partial charge < -0.3 is 9.47 Å². The molecule has 0 unspecified atom stereocenters. The topological polar surface area (TPSA) is 52.6 Å². The van der Waals surface area contributed by atoms with Gasteiger partial charge in [-0.15, -0.1) is 0 Å². The maximum Gasteiger partial charge on any atom is 0.351 e. The van der Waals surface area contributed by atoms with Crippen LogP contribution in [0.2, 0.25) is 0 Å². The summed E-state index contributed by atoms with van der Waals surface area (Å²) >= 11 is 0. The first kappa shape index (κ1) is 14.2. The number of benzene rings is 1. The fraction of sp³-hybridized carbons (Fsp3) is 0.429. The average molecular weight is 250 g/mol. The third-order valence-electron chi connectivity index (χ3n) is 2.18. The zero-order valence-electron chi connectivity index (χ0n) is 10.9. The van der Waals surface area contributed by atoms with Crippen molar-refractivity contribution in [3.05, 3.63) is 29.8 Å². The first-order valence-electron chi connectivity index (χ1n) is 5.90. The van der Waals surface area contributed by atoms with Gasteiger partial charge in [0.25, 0.3) is 0 Å². The molecule has 0 atom stereocenters. The standard InChI is InChI=1S/C14H18O4/c1-10(2)8-12-4-6-13(7-5-12)17-9-14(16)18-11(3)15/h4-7,10H,8-9H2,1-3H3. The van der Waals surface area contributed by atoms with Crippen molar-refractivity contribution in [1.29, 1.82) is 0 Å². The van der Waals surface area contributed by atoms with Gasteiger partial charge in [0.05, 0.1) is 0 Å². The highest BCUT2D eigenvalue weighted by molar-refractivity contribution is 5.84. The number of esters is 2.